The summed E-state index contributed by atoms with van der Waals surface area (Å²) in [6.45, 7) is 0. The smallest absolute Gasteiger partial charge is 0.269 e. The maximum absolute atomic E-state index is 10.6. The zero-order valence-corrected chi connectivity index (χ0v) is 13.1. The Labute approximate surface area is 140 Å². The Hall–Kier alpha value is -2.68. The lowest BCUT2D eigenvalue weighted by Gasteiger charge is -2.12. The van der Waals surface area contributed by atoms with Crippen molar-refractivity contribution >= 4 is 5.69 Å². The van der Waals surface area contributed by atoms with E-state index in [1.807, 2.05) is 30.3 Å². The zero-order valence-electron chi connectivity index (χ0n) is 13.1. The van der Waals surface area contributed by atoms with Gasteiger partial charge in [0.15, 0.2) is 0 Å². The quantitative estimate of drug-likeness (QED) is 0.486. The predicted molar refractivity (Wildman–Crippen MR) is 91.2 cm³/mol. The number of hydrogen-bond donors (Lipinski definition) is 2. The summed E-state index contributed by atoms with van der Waals surface area (Å²) in [7, 11) is 0. The van der Waals surface area contributed by atoms with Crippen molar-refractivity contribution in [3.05, 3.63) is 75.8 Å². The third-order valence-corrected chi connectivity index (χ3v) is 3.59. The average Bonchev–Trinajstić information content (AvgIpc) is 2.59. The van der Waals surface area contributed by atoms with Gasteiger partial charge in [-0.15, -0.1) is 5.92 Å². The van der Waals surface area contributed by atoms with E-state index in [4.69, 9.17) is 0 Å². The SMILES string of the molecule is O=[N+]([O-])c1ccc(C(O)CC(O)C#CCCc2ccccc2)cc1. The van der Waals surface area contributed by atoms with E-state index in [-0.39, 0.29) is 12.1 Å². The number of nitro benzene ring substituents is 1. The van der Waals surface area contributed by atoms with Crippen LogP contribution in [0.1, 0.15) is 30.1 Å². The number of non-ortho nitro benzene ring substituents is 1. The molecule has 2 atom stereocenters. The minimum absolute atomic E-state index is 0.0350. The first-order valence-corrected chi connectivity index (χ1v) is 7.69. The van der Waals surface area contributed by atoms with Crippen LogP contribution in [0.3, 0.4) is 0 Å². The largest absolute Gasteiger partial charge is 0.388 e. The molecule has 2 aromatic rings. The predicted octanol–water partition coefficient (Wildman–Crippen LogP) is 3.02. The van der Waals surface area contributed by atoms with Crippen LogP contribution in [0.15, 0.2) is 54.6 Å². The molecule has 5 heteroatoms. The molecule has 2 aromatic carbocycles. The number of aliphatic hydroxyl groups excluding tert-OH is 2. The molecule has 0 saturated carbocycles. The van der Waals surface area contributed by atoms with Crippen LogP contribution in [0.25, 0.3) is 0 Å². The molecule has 0 saturated heterocycles. The Balaban J connectivity index is 1.82. The van der Waals surface area contributed by atoms with Gasteiger partial charge in [0.05, 0.1) is 11.0 Å². The Morgan fingerprint density at radius 1 is 1.04 bits per heavy atom. The molecule has 0 aliphatic heterocycles. The summed E-state index contributed by atoms with van der Waals surface area (Å²) in [6.07, 6.45) is -0.341. The van der Waals surface area contributed by atoms with E-state index in [2.05, 4.69) is 11.8 Å². The van der Waals surface area contributed by atoms with Crippen LogP contribution in [0, 0.1) is 22.0 Å². The first-order valence-electron chi connectivity index (χ1n) is 7.69. The minimum Gasteiger partial charge on any atom is -0.388 e. The van der Waals surface area contributed by atoms with E-state index in [1.54, 1.807) is 0 Å². The van der Waals surface area contributed by atoms with Crippen molar-refractivity contribution in [2.45, 2.75) is 31.5 Å². The molecule has 5 nitrogen and oxygen atoms in total. The molecule has 0 heterocycles. The molecule has 0 spiro atoms. The summed E-state index contributed by atoms with van der Waals surface area (Å²) in [5, 5.41) is 30.5. The fourth-order valence-corrected chi connectivity index (χ4v) is 2.27. The van der Waals surface area contributed by atoms with Crippen LogP contribution in [-0.2, 0) is 6.42 Å². The molecule has 2 rings (SSSR count). The van der Waals surface area contributed by atoms with Crippen LogP contribution in [-0.4, -0.2) is 21.2 Å². The number of nitro groups is 1. The van der Waals surface area contributed by atoms with Crippen molar-refractivity contribution < 1.29 is 15.1 Å². The van der Waals surface area contributed by atoms with Crippen molar-refractivity contribution in [2.75, 3.05) is 0 Å². The molecule has 124 valence electrons. The monoisotopic (exact) mass is 325 g/mol. The molecular weight excluding hydrogens is 306 g/mol. The van der Waals surface area contributed by atoms with E-state index in [9.17, 15) is 20.3 Å². The van der Waals surface area contributed by atoms with Crippen molar-refractivity contribution in [2.24, 2.45) is 0 Å². The fourth-order valence-electron chi connectivity index (χ4n) is 2.27. The van der Waals surface area contributed by atoms with Crippen molar-refractivity contribution in [1.29, 1.82) is 0 Å². The lowest BCUT2D eigenvalue weighted by Crippen LogP contribution is -2.10. The van der Waals surface area contributed by atoms with Crippen LogP contribution in [0.5, 0.6) is 0 Å². The van der Waals surface area contributed by atoms with Crippen molar-refractivity contribution in [1.82, 2.24) is 0 Å². The molecule has 2 unspecified atom stereocenters. The molecular formula is C19H19NO4. The minimum atomic E-state index is -0.939. The second-order valence-electron chi connectivity index (χ2n) is 5.42. The maximum atomic E-state index is 10.6. The van der Waals surface area contributed by atoms with Gasteiger partial charge in [0.1, 0.15) is 6.10 Å². The molecule has 0 aromatic heterocycles. The van der Waals surface area contributed by atoms with E-state index in [1.165, 1.54) is 29.8 Å². The topological polar surface area (TPSA) is 83.6 Å². The molecule has 0 fully saturated rings. The summed E-state index contributed by atoms with van der Waals surface area (Å²) in [6, 6.07) is 15.6. The molecule has 0 radical (unpaired) electrons. The second-order valence-corrected chi connectivity index (χ2v) is 5.42. The highest BCUT2D eigenvalue weighted by Crippen LogP contribution is 2.21. The van der Waals surface area contributed by atoms with Crippen molar-refractivity contribution in [3.63, 3.8) is 0 Å². The van der Waals surface area contributed by atoms with E-state index in [0.29, 0.717) is 12.0 Å². The van der Waals surface area contributed by atoms with Gasteiger partial charge in [0.2, 0.25) is 0 Å². The first-order chi connectivity index (χ1) is 11.6. The summed E-state index contributed by atoms with van der Waals surface area (Å²) in [5.41, 5.74) is 1.67. The Morgan fingerprint density at radius 3 is 2.33 bits per heavy atom. The van der Waals surface area contributed by atoms with Gasteiger partial charge in [-0.1, -0.05) is 36.3 Å². The number of rotatable bonds is 6. The van der Waals surface area contributed by atoms with Crippen molar-refractivity contribution in [3.8, 4) is 11.8 Å². The van der Waals surface area contributed by atoms with Crippen LogP contribution >= 0.6 is 0 Å². The van der Waals surface area contributed by atoms with E-state index in [0.717, 1.165) is 6.42 Å². The molecule has 0 aliphatic rings. The molecule has 24 heavy (non-hydrogen) atoms. The summed E-state index contributed by atoms with van der Waals surface area (Å²) >= 11 is 0. The normalized spacial score (nSPS) is 12.8. The molecule has 0 aliphatic carbocycles. The summed E-state index contributed by atoms with van der Waals surface area (Å²) < 4.78 is 0. The Kier molecular flexibility index (Phi) is 6.50. The van der Waals surface area contributed by atoms with Gasteiger partial charge in [-0.2, -0.15) is 0 Å². The number of aryl methyl sites for hydroxylation is 1. The third kappa shape index (κ3) is 5.51. The lowest BCUT2D eigenvalue weighted by molar-refractivity contribution is -0.384. The van der Waals surface area contributed by atoms with Gasteiger partial charge >= 0.3 is 0 Å². The Morgan fingerprint density at radius 2 is 1.71 bits per heavy atom. The summed E-state index contributed by atoms with van der Waals surface area (Å²) in [5.74, 6) is 5.63. The molecule has 0 bridgehead atoms. The van der Waals surface area contributed by atoms with Gasteiger partial charge in [-0.25, -0.2) is 0 Å². The highest BCUT2D eigenvalue weighted by molar-refractivity contribution is 5.33. The standard InChI is InChI=1S/C19H19NO4/c21-18(9-5-4-8-15-6-2-1-3-7-15)14-19(22)16-10-12-17(13-11-16)20(23)24/h1-3,6-7,10-13,18-19,21-22H,4,8,14H2. The van der Waals surface area contributed by atoms with E-state index >= 15 is 0 Å². The molecule has 2 N–H and O–H groups in total. The van der Waals surface area contributed by atoms with Crippen LogP contribution in [0.2, 0.25) is 0 Å². The maximum Gasteiger partial charge on any atom is 0.269 e. The lowest BCUT2D eigenvalue weighted by atomic mass is 10.0. The van der Waals surface area contributed by atoms with Gasteiger partial charge in [0.25, 0.3) is 5.69 Å². The third-order valence-electron chi connectivity index (χ3n) is 3.59. The Bertz CT molecular complexity index is 717. The van der Waals surface area contributed by atoms with E-state index < -0.39 is 17.1 Å². The average molecular weight is 325 g/mol. The van der Waals surface area contributed by atoms with Gasteiger partial charge in [0, 0.05) is 25.0 Å². The zero-order chi connectivity index (χ0) is 17.4. The van der Waals surface area contributed by atoms with Crippen LogP contribution in [0.4, 0.5) is 5.69 Å². The summed E-state index contributed by atoms with van der Waals surface area (Å²) in [4.78, 5) is 10.1. The number of nitrogens with zero attached hydrogens (tertiary/aromatic N) is 1. The molecule has 0 amide bonds. The fraction of sp³-hybridized carbons (Fsp3) is 0.263. The highest BCUT2D eigenvalue weighted by atomic mass is 16.6. The highest BCUT2D eigenvalue weighted by Gasteiger charge is 2.13. The van der Waals surface area contributed by atoms with Gasteiger partial charge in [-0.05, 0) is 29.7 Å². The van der Waals surface area contributed by atoms with Crippen LogP contribution < -0.4 is 0 Å². The first kappa shape index (κ1) is 17.7. The second kappa shape index (κ2) is 8.82. The number of benzene rings is 2. The van der Waals surface area contributed by atoms with Gasteiger partial charge < -0.3 is 10.2 Å². The van der Waals surface area contributed by atoms with Gasteiger partial charge in [-0.3, -0.25) is 10.1 Å². The number of aliphatic hydroxyl groups is 2. The number of hydrogen-bond acceptors (Lipinski definition) is 4.